The molecule has 0 radical (unpaired) electrons. The molecule has 2 aromatic rings. The second-order valence-corrected chi connectivity index (χ2v) is 10.1. The summed E-state index contributed by atoms with van der Waals surface area (Å²) in [7, 11) is 0. The summed E-state index contributed by atoms with van der Waals surface area (Å²) in [4.78, 5) is 20.2. The summed E-state index contributed by atoms with van der Waals surface area (Å²) in [6, 6.07) is 14.8. The van der Waals surface area contributed by atoms with Crippen molar-refractivity contribution < 1.29 is 4.79 Å². The maximum atomic E-state index is 12.5. The van der Waals surface area contributed by atoms with Gasteiger partial charge in [-0.3, -0.25) is 4.79 Å². The van der Waals surface area contributed by atoms with Gasteiger partial charge in [0.1, 0.15) is 0 Å². The number of aliphatic imine (C=N–C) groups is 1. The van der Waals surface area contributed by atoms with Gasteiger partial charge in [0.25, 0.3) is 5.91 Å². The number of nitrogens with zero attached hydrogens (tertiary/aromatic N) is 2. The molecule has 160 valence electrons. The predicted octanol–water partition coefficient (Wildman–Crippen LogP) is 6.30. The van der Waals surface area contributed by atoms with Gasteiger partial charge in [0.15, 0.2) is 5.17 Å². The molecule has 1 N–H and O–H groups in total. The van der Waals surface area contributed by atoms with Crippen molar-refractivity contribution in [3.05, 3.63) is 70.1 Å². The molecule has 1 fully saturated rings. The molecule has 2 aliphatic rings. The first-order chi connectivity index (χ1) is 14.6. The number of nitrogens with one attached hydrogen (secondary N) is 1. The minimum atomic E-state index is -0.106. The molecule has 4 nitrogen and oxygen atoms in total. The third kappa shape index (κ3) is 4.33. The maximum absolute atomic E-state index is 12.5. The van der Waals surface area contributed by atoms with Crippen LogP contribution in [0.1, 0.15) is 51.3 Å². The van der Waals surface area contributed by atoms with Gasteiger partial charge in [-0.25, -0.2) is 4.99 Å². The van der Waals surface area contributed by atoms with Crippen molar-refractivity contribution >= 4 is 45.9 Å². The Labute approximate surface area is 189 Å². The van der Waals surface area contributed by atoms with Gasteiger partial charge in [0, 0.05) is 17.3 Å². The number of anilines is 1. The molecule has 1 amide bonds. The number of amidine groups is 1. The molecule has 0 spiro atoms. The Morgan fingerprint density at radius 3 is 2.48 bits per heavy atom. The fourth-order valence-electron chi connectivity index (χ4n) is 4.47. The number of amides is 1. The molecule has 4 rings (SSSR count). The van der Waals surface area contributed by atoms with Crippen LogP contribution in [0.2, 0.25) is 0 Å². The summed E-state index contributed by atoms with van der Waals surface area (Å²) < 4.78 is 0. The number of rotatable bonds is 3. The largest absolute Gasteiger partial charge is 0.360 e. The van der Waals surface area contributed by atoms with E-state index in [1.54, 1.807) is 0 Å². The Morgan fingerprint density at radius 2 is 1.81 bits per heavy atom. The number of carbonyl (C=O) groups excluding carboxylic acids is 1. The van der Waals surface area contributed by atoms with Crippen LogP contribution in [0.25, 0.3) is 11.6 Å². The Hall–Kier alpha value is -2.79. The highest BCUT2D eigenvalue weighted by atomic mass is 32.2. The Morgan fingerprint density at radius 1 is 1.10 bits per heavy atom. The highest BCUT2D eigenvalue weighted by Crippen LogP contribution is 2.41. The van der Waals surface area contributed by atoms with E-state index in [2.05, 4.69) is 74.1 Å². The van der Waals surface area contributed by atoms with Crippen molar-refractivity contribution in [2.75, 3.05) is 4.90 Å². The molecule has 0 aliphatic carbocycles. The van der Waals surface area contributed by atoms with Gasteiger partial charge in [0.05, 0.1) is 16.1 Å². The third-order valence-electron chi connectivity index (χ3n) is 5.63. The number of allylic oxidation sites excluding steroid dienone is 1. The first kappa shape index (κ1) is 21.4. The third-order valence-corrected chi connectivity index (χ3v) is 6.54. The highest BCUT2D eigenvalue weighted by molar-refractivity contribution is 8.18. The van der Waals surface area contributed by atoms with E-state index in [9.17, 15) is 4.79 Å². The lowest BCUT2D eigenvalue weighted by Crippen LogP contribution is -2.49. The number of hydrogen-bond acceptors (Lipinski definition) is 4. The van der Waals surface area contributed by atoms with Crippen LogP contribution in [0.5, 0.6) is 0 Å². The van der Waals surface area contributed by atoms with Crippen LogP contribution in [0.15, 0.2) is 58.4 Å². The Kier molecular flexibility index (Phi) is 5.56. The lowest BCUT2D eigenvalue weighted by molar-refractivity contribution is -0.115. The smallest absolute Gasteiger partial charge is 0.264 e. The molecule has 0 atom stereocenters. The first-order valence-corrected chi connectivity index (χ1v) is 11.5. The van der Waals surface area contributed by atoms with Gasteiger partial charge in [-0.05, 0) is 94.8 Å². The van der Waals surface area contributed by atoms with Crippen LogP contribution < -0.4 is 10.2 Å². The van der Waals surface area contributed by atoms with Gasteiger partial charge in [0.2, 0.25) is 0 Å². The minimum absolute atomic E-state index is 0.0340. The van der Waals surface area contributed by atoms with Crippen molar-refractivity contribution in [3.63, 3.8) is 0 Å². The van der Waals surface area contributed by atoms with E-state index in [0.717, 1.165) is 11.3 Å². The lowest BCUT2D eigenvalue weighted by atomic mass is 9.87. The molecule has 0 bridgehead atoms. The van der Waals surface area contributed by atoms with Crippen molar-refractivity contribution in [1.82, 2.24) is 5.32 Å². The van der Waals surface area contributed by atoms with Crippen LogP contribution >= 0.6 is 11.8 Å². The topological polar surface area (TPSA) is 44.7 Å². The van der Waals surface area contributed by atoms with Crippen LogP contribution in [0.3, 0.4) is 0 Å². The number of carbonyl (C=O) groups is 1. The molecule has 0 saturated carbocycles. The number of aryl methyl sites for hydroxylation is 1. The summed E-state index contributed by atoms with van der Waals surface area (Å²) in [6.45, 7) is 13.2. The molecule has 0 aromatic heterocycles. The normalized spacial score (nSPS) is 20.3. The van der Waals surface area contributed by atoms with E-state index in [4.69, 9.17) is 0 Å². The highest BCUT2D eigenvalue weighted by Gasteiger charge is 2.33. The first-order valence-electron chi connectivity index (χ1n) is 10.6. The molecular weight excluding hydrogens is 402 g/mol. The van der Waals surface area contributed by atoms with Crippen LogP contribution in [0.4, 0.5) is 11.4 Å². The van der Waals surface area contributed by atoms with E-state index in [1.807, 2.05) is 37.3 Å². The average Bonchev–Trinajstić information content (AvgIpc) is 3.02. The van der Waals surface area contributed by atoms with E-state index < -0.39 is 0 Å². The van der Waals surface area contributed by atoms with Gasteiger partial charge in [-0.15, -0.1) is 0 Å². The van der Waals surface area contributed by atoms with E-state index in [1.165, 1.54) is 34.1 Å². The van der Waals surface area contributed by atoms with E-state index in [-0.39, 0.29) is 11.4 Å². The van der Waals surface area contributed by atoms with Gasteiger partial charge in [-0.1, -0.05) is 29.8 Å². The monoisotopic (exact) mass is 431 g/mol. The number of fused-ring (bicyclic) bond motifs is 1. The van der Waals surface area contributed by atoms with Crippen molar-refractivity contribution in [3.8, 4) is 0 Å². The molecule has 2 heterocycles. The molecule has 5 heteroatoms. The second-order valence-electron chi connectivity index (χ2n) is 9.04. The molecular formula is C26H29N3OS. The number of thioether (sulfide) groups is 1. The standard InChI is InChI=1S/C26H29N3OS/c1-16(2)29-22-12-9-19(13-21(22)18(4)15-26(29,5)6)14-23-24(30)28-25(31-23)27-20-10-7-17(3)8-11-20/h7-16H,1-6H3,(H,27,28,30)/b23-14-. The fraction of sp³-hybridized carbons (Fsp3) is 0.308. The van der Waals surface area contributed by atoms with Gasteiger partial charge < -0.3 is 10.2 Å². The zero-order valence-electron chi connectivity index (χ0n) is 19.0. The predicted molar refractivity (Wildman–Crippen MR) is 134 cm³/mol. The summed E-state index contributed by atoms with van der Waals surface area (Å²) >= 11 is 1.38. The maximum Gasteiger partial charge on any atom is 0.264 e. The van der Waals surface area contributed by atoms with Crippen LogP contribution in [0, 0.1) is 6.92 Å². The SMILES string of the molecule is CC1=CC(C)(C)N(C(C)C)c2ccc(/C=C3\SC(=Nc4ccc(C)cc4)NC3=O)cc21. The molecule has 2 aliphatic heterocycles. The molecule has 1 saturated heterocycles. The summed E-state index contributed by atoms with van der Waals surface area (Å²) in [6.07, 6.45) is 4.28. The van der Waals surface area contributed by atoms with Gasteiger partial charge >= 0.3 is 0 Å². The summed E-state index contributed by atoms with van der Waals surface area (Å²) in [5.41, 5.74) is 6.73. The number of benzene rings is 2. The lowest BCUT2D eigenvalue weighted by Gasteiger charge is -2.46. The molecule has 31 heavy (non-hydrogen) atoms. The van der Waals surface area contributed by atoms with Crippen molar-refractivity contribution in [1.29, 1.82) is 0 Å². The van der Waals surface area contributed by atoms with E-state index >= 15 is 0 Å². The second kappa shape index (κ2) is 8.04. The van der Waals surface area contributed by atoms with Crippen molar-refractivity contribution in [2.45, 2.75) is 53.1 Å². The number of hydrogen-bond donors (Lipinski definition) is 1. The Bertz CT molecular complexity index is 1120. The molecule has 0 unspecified atom stereocenters. The Balaban J connectivity index is 1.63. The van der Waals surface area contributed by atoms with E-state index in [0.29, 0.717) is 16.1 Å². The van der Waals surface area contributed by atoms with Gasteiger partial charge in [-0.2, -0.15) is 0 Å². The quantitative estimate of drug-likeness (QED) is 0.580. The molecule has 2 aromatic carbocycles. The summed E-state index contributed by atoms with van der Waals surface area (Å²) in [5, 5.41) is 3.49. The average molecular weight is 432 g/mol. The minimum Gasteiger partial charge on any atom is -0.360 e. The summed E-state index contributed by atoms with van der Waals surface area (Å²) in [5.74, 6) is -0.106. The van der Waals surface area contributed by atoms with Crippen LogP contribution in [-0.2, 0) is 4.79 Å². The van der Waals surface area contributed by atoms with Crippen molar-refractivity contribution in [2.24, 2.45) is 4.99 Å². The zero-order valence-corrected chi connectivity index (χ0v) is 19.8. The van der Waals surface area contributed by atoms with Crippen LogP contribution in [-0.4, -0.2) is 22.7 Å². The fourth-order valence-corrected chi connectivity index (χ4v) is 5.31. The zero-order chi connectivity index (χ0) is 22.3.